The third kappa shape index (κ3) is 55.3. The summed E-state index contributed by atoms with van der Waals surface area (Å²) in [6.45, 7) is 6.42. The Morgan fingerprint density at radius 1 is 0.300 bits per heavy atom. The number of ether oxygens (including phenoxy) is 3. The second-order valence-corrected chi connectivity index (χ2v) is 19.2. The fraction of sp³-hybridized carbons (Fsp3) is 0.703. The molecule has 0 radical (unpaired) electrons. The summed E-state index contributed by atoms with van der Waals surface area (Å²) in [5.41, 5.74) is 0. The Morgan fingerprint density at radius 2 is 0.571 bits per heavy atom. The quantitative estimate of drug-likeness (QED) is 0.0262. The minimum absolute atomic E-state index is 0.0958. The second kappa shape index (κ2) is 57.9. The van der Waals surface area contributed by atoms with Gasteiger partial charge in [0, 0.05) is 19.3 Å². The first-order chi connectivity index (χ1) is 34.5. The van der Waals surface area contributed by atoms with Crippen molar-refractivity contribution in [1.82, 2.24) is 0 Å². The van der Waals surface area contributed by atoms with Crippen molar-refractivity contribution >= 4 is 17.9 Å². The van der Waals surface area contributed by atoms with Crippen molar-refractivity contribution in [2.45, 2.75) is 277 Å². The molecule has 0 N–H and O–H groups in total. The van der Waals surface area contributed by atoms with Gasteiger partial charge in [-0.1, -0.05) is 253 Å². The summed E-state index contributed by atoms with van der Waals surface area (Å²) >= 11 is 0. The number of esters is 3. The van der Waals surface area contributed by atoms with Gasteiger partial charge in [0.05, 0.1) is 0 Å². The van der Waals surface area contributed by atoms with Gasteiger partial charge < -0.3 is 14.2 Å². The maximum Gasteiger partial charge on any atom is 0.306 e. The molecule has 0 heterocycles. The molecule has 1 unspecified atom stereocenters. The zero-order valence-electron chi connectivity index (χ0n) is 45.8. The minimum atomic E-state index is -0.799. The van der Waals surface area contributed by atoms with E-state index < -0.39 is 6.10 Å². The molecule has 0 aliphatic rings. The SMILES string of the molecule is CC/C=C\C/C=C\C/C=C\C/C=C\C/C=C\C/C=C\C/C=C\CCCC(=O)OCC(COC(=O)CCCCCCCC)OC(=O)CCCCCCCCCCCCC/C=C\CCCCCCCCCC. The van der Waals surface area contributed by atoms with Crippen LogP contribution in [0.5, 0.6) is 0 Å². The highest BCUT2D eigenvalue weighted by atomic mass is 16.6. The predicted molar refractivity (Wildman–Crippen MR) is 302 cm³/mol. The first-order valence-corrected chi connectivity index (χ1v) is 29.2. The van der Waals surface area contributed by atoms with Crippen molar-refractivity contribution in [3.63, 3.8) is 0 Å². The lowest BCUT2D eigenvalue weighted by Gasteiger charge is -2.18. The van der Waals surface area contributed by atoms with E-state index in [1.54, 1.807) is 0 Å². The zero-order valence-corrected chi connectivity index (χ0v) is 45.8. The average molecular weight is 974 g/mol. The van der Waals surface area contributed by atoms with Crippen LogP contribution in [0.4, 0.5) is 0 Å². The van der Waals surface area contributed by atoms with Crippen molar-refractivity contribution in [2.75, 3.05) is 13.2 Å². The van der Waals surface area contributed by atoms with Crippen LogP contribution >= 0.6 is 0 Å². The maximum atomic E-state index is 12.8. The highest BCUT2D eigenvalue weighted by Gasteiger charge is 2.19. The summed E-state index contributed by atoms with van der Waals surface area (Å²) in [6, 6.07) is 0. The summed E-state index contributed by atoms with van der Waals surface area (Å²) in [5, 5.41) is 0. The fourth-order valence-electron chi connectivity index (χ4n) is 7.96. The Bertz CT molecular complexity index is 1400. The van der Waals surface area contributed by atoms with Crippen LogP contribution in [0.15, 0.2) is 97.2 Å². The van der Waals surface area contributed by atoms with E-state index in [4.69, 9.17) is 14.2 Å². The van der Waals surface area contributed by atoms with Crippen molar-refractivity contribution in [1.29, 1.82) is 0 Å². The van der Waals surface area contributed by atoms with Crippen LogP contribution in [0, 0.1) is 0 Å². The molecule has 6 nitrogen and oxygen atoms in total. The number of unbranched alkanes of at least 4 members (excludes halogenated alkanes) is 25. The number of rotatable bonds is 52. The lowest BCUT2D eigenvalue weighted by molar-refractivity contribution is -0.167. The predicted octanol–water partition coefficient (Wildman–Crippen LogP) is 19.7. The first-order valence-electron chi connectivity index (χ1n) is 29.2. The van der Waals surface area contributed by atoms with Crippen molar-refractivity contribution < 1.29 is 28.6 Å². The third-order valence-corrected chi connectivity index (χ3v) is 12.3. The van der Waals surface area contributed by atoms with E-state index in [1.807, 2.05) is 0 Å². The molecule has 70 heavy (non-hydrogen) atoms. The summed E-state index contributed by atoms with van der Waals surface area (Å²) < 4.78 is 16.7. The molecule has 400 valence electrons. The molecule has 1 atom stereocenters. The van der Waals surface area contributed by atoms with Crippen LogP contribution in [-0.2, 0) is 28.6 Å². The number of hydrogen-bond acceptors (Lipinski definition) is 6. The number of hydrogen-bond donors (Lipinski definition) is 0. The number of carbonyl (C=O) groups is 3. The molecule has 0 rings (SSSR count). The van der Waals surface area contributed by atoms with Crippen LogP contribution < -0.4 is 0 Å². The maximum absolute atomic E-state index is 12.8. The summed E-state index contributed by atoms with van der Waals surface area (Å²) in [4.78, 5) is 37.9. The van der Waals surface area contributed by atoms with Crippen molar-refractivity contribution in [3.8, 4) is 0 Å². The number of allylic oxidation sites excluding steroid dienone is 16. The normalized spacial score (nSPS) is 12.8. The first kappa shape index (κ1) is 66.3. The van der Waals surface area contributed by atoms with Crippen LogP contribution in [0.3, 0.4) is 0 Å². The van der Waals surface area contributed by atoms with E-state index >= 15 is 0 Å². The van der Waals surface area contributed by atoms with Gasteiger partial charge >= 0.3 is 17.9 Å². The monoisotopic (exact) mass is 973 g/mol. The largest absolute Gasteiger partial charge is 0.462 e. The van der Waals surface area contributed by atoms with E-state index in [0.717, 1.165) is 89.9 Å². The van der Waals surface area contributed by atoms with E-state index in [1.165, 1.54) is 135 Å². The molecule has 0 amide bonds. The third-order valence-electron chi connectivity index (χ3n) is 12.3. The molecule has 0 aliphatic heterocycles. The van der Waals surface area contributed by atoms with Gasteiger partial charge in [0.15, 0.2) is 6.10 Å². The van der Waals surface area contributed by atoms with Crippen LogP contribution in [0.2, 0.25) is 0 Å². The highest BCUT2D eigenvalue weighted by molar-refractivity contribution is 5.71. The van der Waals surface area contributed by atoms with Crippen molar-refractivity contribution in [2.24, 2.45) is 0 Å². The molecule has 0 aromatic rings. The number of carbonyl (C=O) groups excluding carboxylic acids is 3. The Labute approximate surface area is 432 Å². The molecule has 6 heteroatoms. The Balaban J connectivity index is 4.24. The van der Waals surface area contributed by atoms with Gasteiger partial charge in [-0.15, -0.1) is 0 Å². The van der Waals surface area contributed by atoms with Gasteiger partial charge in [0.1, 0.15) is 13.2 Å². The Hall–Kier alpha value is -3.67. The van der Waals surface area contributed by atoms with E-state index in [2.05, 4.69) is 118 Å². The van der Waals surface area contributed by atoms with Gasteiger partial charge in [0.25, 0.3) is 0 Å². The zero-order chi connectivity index (χ0) is 50.7. The molecule has 0 fully saturated rings. The highest BCUT2D eigenvalue weighted by Crippen LogP contribution is 2.15. The minimum Gasteiger partial charge on any atom is -0.462 e. The van der Waals surface area contributed by atoms with Gasteiger partial charge in [-0.3, -0.25) is 14.4 Å². The molecule has 0 aromatic carbocycles. The molecule has 0 spiro atoms. The Morgan fingerprint density at radius 3 is 0.943 bits per heavy atom. The smallest absolute Gasteiger partial charge is 0.306 e. The van der Waals surface area contributed by atoms with Gasteiger partial charge in [-0.2, -0.15) is 0 Å². The standard InChI is InChI=1S/C64H108O6/c1-4-7-10-13-16-18-20-22-24-26-28-30-32-34-36-38-40-42-44-46-48-51-54-57-63(66)69-60-61(59-68-62(65)56-53-50-15-12-9-6-3)70-64(67)58-55-52-49-47-45-43-41-39-37-35-33-31-29-27-25-23-21-19-17-14-11-8-5-2/h7,10,16,18,22,24,27-30,34,36,40,42,46,48,61H,4-6,8-9,11-15,17,19-21,23,25-26,31-33,35,37-39,41,43-45,47,49-60H2,1-3H3/b10-7-,18-16-,24-22-,29-27-,30-28-,36-34-,42-40-,48-46-. The lowest BCUT2D eigenvalue weighted by Crippen LogP contribution is -2.30. The second-order valence-electron chi connectivity index (χ2n) is 19.2. The van der Waals surface area contributed by atoms with Crippen LogP contribution in [0.25, 0.3) is 0 Å². The molecule has 0 bridgehead atoms. The average Bonchev–Trinajstić information content (AvgIpc) is 3.36. The van der Waals surface area contributed by atoms with Crippen LogP contribution in [0.1, 0.15) is 271 Å². The summed E-state index contributed by atoms with van der Waals surface area (Å²) in [6.07, 6.45) is 77.3. The summed E-state index contributed by atoms with van der Waals surface area (Å²) in [7, 11) is 0. The van der Waals surface area contributed by atoms with E-state index in [-0.39, 0.29) is 37.5 Å². The molecule has 0 aromatic heterocycles. The fourth-order valence-corrected chi connectivity index (χ4v) is 7.96. The Kier molecular flexibility index (Phi) is 54.9. The van der Waals surface area contributed by atoms with E-state index in [9.17, 15) is 14.4 Å². The molecular formula is C64H108O6. The van der Waals surface area contributed by atoms with Crippen molar-refractivity contribution in [3.05, 3.63) is 97.2 Å². The molecule has 0 saturated heterocycles. The van der Waals surface area contributed by atoms with E-state index in [0.29, 0.717) is 19.3 Å². The molecular weight excluding hydrogens is 865 g/mol. The van der Waals surface area contributed by atoms with Crippen LogP contribution in [-0.4, -0.2) is 37.2 Å². The van der Waals surface area contributed by atoms with Gasteiger partial charge in [0.2, 0.25) is 0 Å². The molecule has 0 saturated carbocycles. The van der Waals surface area contributed by atoms with Gasteiger partial charge in [-0.05, 0) is 96.3 Å². The lowest BCUT2D eigenvalue weighted by atomic mass is 10.0. The topological polar surface area (TPSA) is 78.9 Å². The summed E-state index contributed by atoms with van der Waals surface area (Å²) in [5.74, 6) is -0.966. The van der Waals surface area contributed by atoms with Gasteiger partial charge in [-0.25, -0.2) is 0 Å². The molecule has 0 aliphatic carbocycles.